The Morgan fingerprint density at radius 1 is 1.38 bits per heavy atom. The van der Waals surface area contributed by atoms with Gasteiger partial charge in [-0.15, -0.1) is 11.3 Å². The molecule has 0 aromatic carbocycles. The van der Waals surface area contributed by atoms with Crippen LogP contribution < -0.4 is 16.4 Å². The minimum atomic E-state index is -0.486. The normalized spacial score (nSPS) is 13.8. The van der Waals surface area contributed by atoms with Crippen molar-refractivity contribution in [3.8, 4) is 0 Å². The molecule has 7 heteroatoms. The van der Waals surface area contributed by atoms with E-state index in [1.807, 2.05) is 6.92 Å². The summed E-state index contributed by atoms with van der Waals surface area (Å²) < 4.78 is 5.04. The highest BCUT2D eigenvalue weighted by molar-refractivity contribution is 7.19. The van der Waals surface area contributed by atoms with E-state index in [1.54, 1.807) is 6.92 Å². The number of nitrogens with one attached hydrogen (secondary N) is 2. The molecule has 2 rings (SSSR count). The molecule has 6 nitrogen and oxygen atoms in total. The maximum absolute atomic E-state index is 12.1. The highest BCUT2D eigenvalue weighted by Crippen LogP contribution is 2.38. The first-order chi connectivity index (χ1) is 10.1. The molecule has 1 fully saturated rings. The first-order valence-electron chi connectivity index (χ1n) is 7.19. The smallest absolute Gasteiger partial charge is 0.343 e. The van der Waals surface area contributed by atoms with Gasteiger partial charge in [-0.25, -0.2) is 4.79 Å². The standard InChI is InChI=1S/C14H21N3O3S/c1-3-16-12(18)11-10(15)9(14(19)20-4-2)13(21-11)17-7-8-5-6-8/h8,17H,3-7,15H2,1-2H3,(H,16,18). The Labute approximate surface area is 128 Å². The van der Waals surface area contributed by atoms with Gasteiger partial charge in [0, 0.05) is 13.1 Å². The van der Waals surface area contributed by atoms with Gasteiger partial charge in [-0.3, -0.25) is 4.79 Å². The van der Waals surface area contributed by atoms with E-state index in [4.69, 9.17) is 10.5 Å². The minimum absolute atomic E-state index is 0.197. The minimum Gasteiger partial charge on any atom is -0.462 e. The van der Waals surface area contributed by atoms with Crippen molar-refractivity contribution < 1.29 is 14.3 Å². The summed E-state index contributed by atoms with van der Waals surface area (Å²) in [4.78, 5) is 24.4. The summed E-state index contributed by atoms with van der Waals surface area (Å²) in [6, 6.07) is 0. The molecular formula is C14H21N3O3S. The topological polar surface area (TPSA) is 93.5 Å². The second-order valence-electron chi connectivity index (χ2n) is 4.95. The lowest BCUT2D eigenvalue weighted by molar-refractivity contribution is 0.0529. The number of rotatable bonds is 7. The van der Waals surface area contributed by atoms with Crippen molar-refractivity contribution in [2.45, 2.75) is 26.7 Å². The molecule has 0 radical (unpaired) electrons. The predicted octanol–water partition coefficient (Wildman–Crippen LogP) is 2.08. The summed E-state index contributed by atoms with van der Waals surface area (Å²) in [5.41, 5.74) is 6.48. The van der Waals surface area contributed by atoms with E-state index >= 15 is 0 Å². The zero-order valence-electron chi connectivity index (χ0n) is 12.3. The Morgan fingerprint density at radius 3 is 2.67 bits per heavy atom. The largest absolute Gasteiger partial charge is 0.462 e. The van der Waals surface area contributed by atoms with Gasteiger partial charge in [-0.2, -0.15) is 0 Å². The third-order valence-electron chi connectivity index (χ3n) is 3.22. The molecule has 0 bridgehead atoms. The number of esters is 1. The Balaban J connectivity index is 2.27. The molecular weight excluding hydrogens is 290 g/mol. The molecule has 0 spiro atoms. The third kappa shape index (κ3) is 3.66. The van der Waals surface area contributed by atoms with Crippen LogP contribution in [0.5, 0.6) is 0 Å². The fourth-order valence-corrected chi connectivity index (χ4v) is 2.97. The van der Waals surface area contributed by atoms with Gasteiger partial charge >= 0.3 is 5.97 Å². The maximum Gasteiger partial charge on any atom is 0.343 e. The van der Waals surface area contributed by atoms with Crippen molar-refractivity contribution >= 4 is 33.9 Å². The molecule has 0 aliphatic heterocycles. The van der Waals surface area contributed by atoms with Crippen LogP contribution in [0.25, 0.3) is 0 Å². The van der Waals surface area contributed by atoms with Crippen molar-refractivity contribution in [1.82, 2.24) is 5.32 Å². The number of anilines is 2. The molecule has 1 aromatic heterocycles. The third-order valence-corrected chi connectivity index (χ3v) is 4.38. The number of carbonyl (C=O) groups excluding carboxylic acids is 2. The summed E-state index contributed by atoms with van der Waals surface area (Å²) in [6.07, 6.45) is 2.40. The van der Waals surface area contributed by atoms with Gasteiger partial charge in [0.2, 0.25) is 0 Å². The first-order valence-corrected chi connectivity index (χ1v) is 8.01. The number of carbonyl (C=O) groups is 2. The van der Waals surface area contributed by atoms with Crippen molar-refractivity contribution in [2.24, 2.45) is 5.92 Å². The zero-order valence-corrected chi connectivity index (χ0v) is 13.1. The predicted molar refractivity (Wildman–Crippen MR) is 83.9 cm³/mol. The van der Waals surface area contributed by atoms with Gasteiger partial charge in [0.1, 0.15) is 15.4 Å². The summed E-state index contributed by atoms with van der Waals surface area (Å²) in [6.45, 7) is 5.15. The zero-order chi connectivity index (χ0) is 15.4. The molecule has 1 aliphatic carbocycles. The average Bonchev–Trinajstić information content (AvgIpc) is 3.20. The van der Waals surface area contributed by atoms with Crippen LogP contribution in [0.15, 0.2) is 0 Å². The summed E-state index contributed by atoms with van der Waals surface area (Å²) >= 11 is 1.21. The monoisotopic (exact) mass is 311 g/mol. The number of nitrogen functional groups attached to an aromatic ring is 1. The fourth-order valence-electron chi connectivity index (χ4n) is 1.94. The Bertz CT molecular complexity index is 538. The van der Waals surface area contributed by atoms with Crippen LogP contribution in [0, 0.1) is 5.92 Å². The van der Waals surface area contributed by atoms with Gasteiger partial charge in [0.25, 0.3) is 5.91 Å². The van der Waals surface area contributed by atoms with Crippen molar-refractivity contribution in [2.75, 3.05) is 30.7 Å². The molecule has 1 aliphatic rings. The number of nitrogens with two attached hydrogens (primary N) is 1. The van der Waals surface area contributed by atoms with Crippen LogP contribution in [0.2, 0.25) is 0 Å². The average molecular weight is 311 g/mol. The van der Waals surface area contributed by atoms with Gasteiger partial charge < -0.3 is 21.1 Å². The van der Waals surface area contributed by atoms with Crippen LogP contribution in [-0.4, -0.2) is 31.6 Å². The second kappa shape index (κ2) is 6.80. The molecule has 1 heterocycles. The van der Waals surface area contributed by atoms with E-state index in [-0.39, 0.29) is 23.8 Å². The van der Waals surface area contributed by atoms with Gasteiger partial charge in [-0.1, -0.05) is 0 Å². The molecule has 0 unspecified atom stereocenters. The van der Waals surface area contributed by atoms with Crippen LogP contribution in [0.3, 0.4) is 0 Å². The molecule has 0 atom stereocenters. The molecule has 1 saturated carbocycles. The summed E-state index contributed by atoms with van der Waals surface area (Å²) in [5.74, 6) is -0.0959. The number of thiophene rings is 1. The quantitative estimate of drug-likeness (QED) is 0.670. The van der Waals surface area contributed by atoms with Crippen molar-refractivity contribution in [1.29, 1.82) is 0 Å². The molecule has 1 aromatic rings. The highest BCUT2D eigenvalue weighted by Gasteiger charge is 2.28. The van der Waals surface area contributed by atoms with E-state index in [0.717, 1.165) is 6.54 Å². The summed E-state index contributed by atoms with van der Waals surface area (Å²) in [7, 11) is 0. The Hall–Kier alpha value is -1.76. The van der Waals surface area contributed by atoms with Gasteiger partial charge in [0.15, 0.2) is 0 Å². The molecule has 21 heavy (non-hydrogen) atoms. The van der Waals surface area contributed by atoms with E-state index in [1.165, 1.54) is 24.2 Å². The molecule has 0 saturated heterocycles. The summed E-state index contributed by atoms with van der Waals surface area (Å²) in [5, 5.41) is 6.56. The van der Waals surface area contributed by atoms with Crippen LogP contribution >= 0.6 is 11.3 Å². The molecule has 1 amide bonds. The van der Waals surface area contributed by atoms with Gasteiger partial charge in [-0.05, 0) is 32.6 Å². The van der Waals surface area contributed by atoms with Crippen molar-refractivity contribution in [3.05, 3.63) is 10.4 Å². The van der Waals surface area contributed by atoms with E-state index in [0.29, 0.717) is 22.3 Å². The molecule has 116 valence electrons. The lowest BCUT2D eigenvalue weighted by Crippen LogP contribution is -2.22. The Morgan fingerprint density at radius 2 is 2.10 bits per heavy atom. The highest BCUT2D eigenvalue weighted by atomic mass is 32.1. The number of ether oxygens (including phenoxy) is 1. The van der Waals surface area contributed by atoms with Crippen molar-refractivity contribution in [3.63, 3.8) is 0 Å². The van der Waals surface area contributed by atoms with Gasteiger partial charge in [0.05, 0.1) is 12.3 Å². The van der Waals surface area contributed by atoms with E-state index < -0.39 is 5.97 Å². The number of hydrogen-bond donors (Lipinski definition) is 3. The molecule has 4 N–H and O–H groups in total. The lowest BCUT2D eigenvalue weighted by atomic mass is 10.2. The first kappa shape index (κ1) is 15.6. The van der Waals surface area contributed by atoms with Crippen LogP contribution in [-0.2, 0) is 4.74 Å². The Kier molecular flexibility index (Phi) is 5.06. The van der Waals surface area contributed by atoms with Crippen LogP contribution in [0.4, 0.5) is 10.7 Å². The fraction of sp³-hybridized carbons (Fsp3) is 0.571. The SMILES string of the molecule is CCNC(=O)c1sc(NCC2CC2)c(C(=O)OCC)c1N. The number of amides is 1. The van der Waals surface area contributed by atoms with Crippen LogP contribution in [0.1, 0.15) is 46.7 Å². The van der Waals surface area contributed by atoms with E-state index in [2.05, 4.69) is 10.6 Å². The number of hydrogen-bond acceptors (Lipinski definition) is 6. The second-order valence-corrected chi connectivity index (χ2v) is 5.97. The lowest BCUT2D eigenvalue weighted by Gasteiger charge is -2.06. The maximum atomic E-state index is 12.1. The van der Waals surface area contributed by atoms with E-state index in [9.17, 15) is 9.59 Å².